The van der Waals surface area contributed by atoms with Crippen molar-refractivity contribution in [1.82, 2.24) is 10.2 Å². The number of ether oxygens (including phenoxy) is 1. The Hall–Kier alpha value is -1.60. The van der Waals surface area contributed by atoms with Crippen molar-refractivity contribution in [3.05, 3.63) is 30.3 Å². The maximum atomic E-state index is 11.6. The van der Waals surface area contributed by atoms with Gasteiger partial charge in [0.25, 0.3) is 0 Å². The van der Waals surface area contributed by atoms with E-state index in [-0.39, 0.29) is 11.8 Å². The normalized spacial score (nSPS) is 13.8. The van der Waals surface area contributed by atoms with Crippen LogP contribution in [0.5, 0.6) is 5.75 Å². The zero-order valence-corrected chi connectivity index (χ0v) is 13.7. The average molecular weight is 335 g/mol. The van der Waals surface area contributed by atoms with Gasteiger partial charge >= 0.3 is 0 Å². The van der Waals surface area contributed by atoms with Gasteiger partial charge < -0.3 is 10.1 Å². The molecule has 1 saturated carbocycles. The van der Waals surface area contributed by atoms with Gasteiger partial charge in [0.1, 0.15) is 5.75 Å². The molecule has 5 nitrogen and oxygen atoms in total. The molecule has 2 aromatic rings. The van der Waals surface area contributed by atoms with Crippen LogP contribution in [0.25, 0.3) is 0 Å². The molecular weight excluding hydrogens is 318 g/mol. The van der Waals surface area contributed by atoms with E-state index in [2.05, 4.69) is 15.5 Å². The minimum atomic E-state index is 0.0731. The molecule has 0 bridgehead atoms. The Kier molecular flexibility index (Phi) is 5.29. The predicted molar refractivity (Wildman–Crippen MR) is 88.5 cm³/mol. The highest BCUT2D eigenvalue weighted by atomic mass is 32.2. The number of thioether (sulfide) groups is 1. The van der Waals surface area contributed by atoms with Crippen molar-refractivity contribution in [2.75, 3.05) is 17.7 Å². The molecule has 1 aromatic carbocycles. The predicted octanol–water partition coefficient (Wildman–Crippen LogP) is 3.45. The highest BCUT2D eigenvalue weighted by Gasteiger charge is 2.30. The summed E-state index contributed by atoms with van der Waals surface area (Å²) in [7, 11) is 0. The lowest BCUT2D eigenvalue weighted by Gasteiger charge is -2.04. The molecule has 1 aromatic heterocycles. The lowest BCUT2D eigenvalue weighted by molar-refractivity contribution is -0.117. The molecule has 0 radical (unpaired) electrons. The first kappa shape index (κ1) is 15.3. The Morgan fingerprint density at radius 1 is 1.32 bits per heavy atom. The van der Waals surface area contributed by atoms with Crippen LogP contribution in [0.15, 0.2) is 34.7 Å². The summed E-state index contributed by atoms with van der Waals surface area (Å²) in [6.07, 6.45) is 2.92. The monoisotopic (exact) mass is 335 g/mol. The van der Waals surface area contributed by atoms with Crippen LogP contribution in [0.2, 0.25) is 0 Å². The van der Waals surface area contributed by atoms with E-state index in [1.54, 1.807) is 11.8 Å². The quantitative estimate of drug-likeness (QED) is 0.455. The van der Waals surface area contributed by atoms with E-state index in [0.717, 1.165) is 35.1 Å². The van der Waals surface area contributed by atoms with Crippen molar-refractivity contribution in [3.8, 4) is 5.75 Å². The van der Waals surface area contributed by atoms with Crippen molar-refractivity contribution in [2.24, 2.45) is 5.92 Å². The molecular formula is C15H17N3O2S2. The largest absolute Gasteiger partial charge is 0.494 e. The number of hydrogen-bond acceptors (Lipinski definition) is 6. The van der Waals surface area contributed by atoms with Crippen LogP contribution in [0, 0.1) is 5.92 Å². The average Bonchev–Trinajstić information content (AvgIpc) is 3.30. The van der Waals surface area contributed by atoms with Gasteiger partial charge in [-0.05, 0) is 31.4 Å². The molecule has 1 N–H and O–H groups in total. The van der Waals surface area contributed by atoms with E-state index in [0.29, 0.717) is 11.7 Å². The lowest BCUT2D eigenvalue weighted by atomic mass is 10.3. The van der Waals surface area contributed by atoms with Gasteiger partial charge in [-0.15, -0.1) is 10.2 Å². The Morgan fingerprint density at radius 2 is 2.14 bits per heavy atom. The van der Waals surface area contributed by atoms with Gasteiger partial charge in [-0.1, -0.05) is 41.3 Å². The SMILES string of the molecule is O=C(Nc1nnc(SCCCOc2ccccc2)s1)C1CC1. The maximum Gasteiger partial charge on any atom is 0.229 e. The Morgan fingerprint density at radius 3 is 2.91 bits per heavy atom. The first-order valence-electron chi connectivity index (χ1n) is 7.26. The van der Waals surface area contributed by atoms with Crippen LogP contribution >= 0.6 is 23.1 Å². The molecule has 0 atom stereocenters. The summed E-state index contributed by atoms with van der Waals surface area (Å²) in [5.74, 6) is 2.07. The number of carbonyl (C=O) groups excluding carboxylic acids is 1. The first-order chi connectivity index (χ1) is 10.8. The summed E-state index contributed by atoms with van der Waals surface area (Å²) in [5.41, 5.74) is 0. The second-order valence-corrected chi connectivity index (χ2v) is 7.32. The third-order valence-electron chi connectivity index (χ3n) is 3.11. The molecule has 0 unspecified atom stereocenters. The summed E-state index contributed by atoms with van der Waals surface area (Å²) in [6.45, 7) is 0.682. The van der Waals surface area contributed by atoms with Crippen molar-refractivity contribution in [2.45, 2.75) is 23.6 Å². The Balaban J connectivity index is 1.33. The fourth-order valence-electron chi connectivity index (χ4n) is 1.80. The van der Waals surface area contributed by atoms with Crippen LogP contribution in [0.1, 0.15) is 19.3 Å². The lowest BCUT2D eigenvalue weighted by Crippen LogP contribution is -2.12. The van der Waals surface area contributed by atoms with Crippen LogP contribution in [0.3, 0.4) is 0 Å². The third-order valence-corrected chi connectivity index (χ3v) is 5.17. The van der Waals surface area contributed by atoms with E-state index in [9.17, 15) is 4.79 Å². The van der Waals surface area contributed by atoms with Crippen LogP contribution in [-0.4, -0.2) is 28.5 Å². The molecule has 0 saturated heterocycles. The Labute approximate surface area is 137 Å². The fraction of sp³-hybridized carbons (Fsp3) is 0.400. The molecule has 1 aliphatic rings. The molecule has 0 aliphatic heterocycles. The number of rotatable bonds is 8. The number of aromatic nitrogens is 2. The van der Waals surface area contributed by atoms with Gasteiger partial charge in [0.05, 0.1) is 6.61 Å². The van der Waals surface area contributed by atoms with Gasteiger partial charge in [0, 0.05) is 11.7 Å². The third kappa shape index (κ3) is 4.71. The number of hydrogen-bond donors (Lipinski definition) is 1. The highest BCUT2D eigenvalue weighted by Crippen LogP contribution is 2.31. The zero-order valence-electron chi connectivity index (χ0n) is 12.0. The molecule has 1 amide bonds. The number of amides is 1. The number of nitrogens with zero attached hydrogens (tertiary/aromatic N) is 2. The first-order valence-corrected chi connectivity index (χ1v) is 9.06. The van der Waals surface area contributed by atoms with Gasteiger partial charge in [0.15, 0.2) is 4.34 Å². The maximum absolute atomic E-state index is 11.6. The molecule has 7 heteroatoms. The smallest absolute Gasteiger partial charge is 0.229 e. The van der Waals surface area contributed by atoms with E-state index in [1.807, 2.05) is 30.3 Å². The second kappa shape index (κ2) is 7.60. The Bertz CT molecular complexity index is 614. The second-order valence-electron chi connectivity index (χ2n) is 5.00. The van der Waals surface area contributed by atoms with E-state index >= 15 is 0 Å². The molecule has 1 heterocycles. The molecule has 1 aliphatic carbocycles. The summed E-state index contributed by atoms with van der Waals surface area (Å²) in [6, 6.07) is 9.79. The van der Waals surface area contributed by atoms with Gasteiger partial charge in [-0.25, -0.2) is 0 Å². The van der Waals surface area contributed by atoms with Crippen molar-refractivity contribution >= 4 is 34.1 Å². The van der Waals surface area contributed by atoms with Crippen LogP contribution < -0.4 is 10.1 Å². The zero-order chi connectivity index (χ0) is 15.2. The number of benzene rings is 1. The molecule has 116 valence electrons. The minimum Gasteiger partial charge on any atom is -0.494 e. The molecule has 22 heavy (non-hydrogen) atoms. The van der Waals surface area contributed by atoms with E-state index < -0.39 is 0 Å². The summed E-state index contributed by atoms with van der Waals surface area (Å²) < 4.78 is 6.51. The standard InChI is InChI=1S/C15H17N3O2S2/c19-13(11-7-8-11)16-14-17-18-15(22-14)21-10-4-9-20-12-5-2-1-3-6-12/h1-3,5-6,11H,4,7-10H2,(H,16,17,19). The van der Waals surface area contributed by atoms with Crippen LogP contribution in [0.4, 0.5) is 5.13 Å². The summed E-state index contributed by atoms with van der Waals surface area (Å²) in [4.78, 5) is 11.6. The minimum absolute atomic E-state index is 0.0731. The molecule has 1 fully saturated rings. The fourth-order valence-corrected chi connectivity index (χ4v) is 3.53. The van der Waals surface area contributed by atoms with Crippen molar-refractivity contribution in [3.63, 3.8) is 0 Å². The van der Waals surface area contributed by atoms with Gasteiger partial charge in [-0.2, -0.15) is 0 Å². The van der Waals surface area contributed by atoms with Crippen molar-refractivity contribution in [1.29, 1.82) is 0 Å². The van der Waals surface area contributed by atoms with E-state index in [4.69, 9.17) is 4.74 Å². The topological polar surface area (TPSA) is 64.1 Å². The number of carbonyl (C=O) groups is 1. The van der Waals surface area contributed by atoms with E-state index in [1.165, 1.54) is 11.3 Å². The number of para-hydroxylation sites is 1. The van der Waals surface area contributed by atoms with Gasteiger partial charge in [0.2, 0.25) is 11.0 Å². The number of nitrogens with one attached hydrogen (secondary N) is 1. The van der Waals surface area contributed by atoms with Crippen LogP contribution in [-0.2, 0) is 4.79 Å². The summed E-state index contributed by atoms with van der Waals surface area (Å²) in [5, 5.41) is 11.5. The molecule has 3 rings (SSSR count). The number of anilines is 1. The van der Waals surface area contributed by atoms with Gasteiger partial charge in [-0.3, -0.25) is 4.79 Å². The van der Waals surface area contributed by atoms with Crippen molar-refractivity contribution < 1.29 is 9.53 Å². The highest BCUT2D eigenvalue weighted by molar-refractivity contribution is 8.01. The molecule has 0 spiro atoms. The summed E-state index contributed by atoms with van der Waals surface area (Å²) >= 11 is 3.07.